The standard InChI is InChI=1S/C13H17N3OS/c1-13(2,3)10-6-5-8(11(17)16(10)4)9-7-18-12(14)15-9/h5-7H,1-4H3,(H2,14,15). The van der Waals surface area contributed by atoms with Crippen LogP contribution in [0, 0.1) is 0 Å². The van der Waals surface area contributed by atoms with Gasteiger partial charge in [0.2, 0.25) is 0 Å². The number of nitrogen functional groups attached to an aromatic ring is 1. The van der Waals surface area contributed by atoms with E-state index in [0.29, 0.717) is 16.4 Å². The Bertz CT molecular complexity index is 634. The molecule has 2 rings (SSSR count). The largest absolute Gasteiger partial charge is 0.375 e. The van der Waals surface area contributed by atoms with E-state index in [2.05, 4.69) is 25.8 Å². The normalized spacial score (nSPS) is 11.8. The smallest absolute Gasteiger partial charge is 0.259 e. The van der Waals surface area contributed by atoms with Gasteiger partial charge >= 0.3 is 0 Å². The molecule has 2 heterocycles. The Kier molecular flexibility index (Phi) is 3.02. The Morgan fingerprint density at radius 2 is 2.00 bits per heavy atom. The van der Waals surface area contributed by atoms with Crippen molar-refractivity contribution in [3.63, 3.8) is 0 Å². The van der Waals surface area contributed by atoms with Crippen molar-refractivity contribution in [3.05, 3.63) is 33.6 Å². The van der Waals surface area contributed by atoms with E-state index in [1.165, 1.54) is 11.3 Å². The average molecular weight is 263 g/mol. The first kappa shape index (κ1) is 12.8. The van der Waals surface area contributed by atoms with Gasteiger partial charge in [-0.25, -0.2) is 4.98 Å². The first-order chi connectivity index (χ1) is 8.30. The number of hydrogen-bond donors (Lipinski definition) is 1. The lowest BCUT2D eigenvalue weighted by atomic mass is 9.91. The monoisotopic (exact) mass is 263 g/mol. The van der Waals surface area contributed by atoms with Gasteiger partial charge < -0.3 is 10.3 Å². The van der Waals surface area contributed by atoms with E-state index in [-0.39, 0.29) is 11.0 Å². The number of thiazole rings is 1. The van der Waals surface area contributed by atoms with Crippen LogP contribution in [0.15, 0.2) is 22.3 Å². The summed E-state index contributed by atoms with van der Waals surface area (Å²) in [6, 6.07) is 3.81. The van der Waals surface area contributed by atoms with Crippen LogP contribution in [0.2, 0.25) is 0 Å². The van der Waals surface area contributed by atoms with Crippen molar-refractivity contribution in [3.8, 4) is 11.3 Å². The number of nitrogens with two attached hydrogens (primary N) is 1. The third-order valence-corrected chi connectivity index (χ3v) is 3.54. The van der Waals surface area contributed by atoms with Crippen LogP contribution in [0.5, 0.6) is 0 Å². The molecule has 4 nitrogen and oxygen atoms in total. The summed E-state index contributed by atoms with van der Waals surface area (Å²) in [4.78, 5) is 16.5. The Morgan fingerprint density at radius 3 is 2.50 bits per heavy atom. The average Bonchev–Trinajstić information content (AvgIpc) is 2.67. The van der Waals surface area contributed by atoms with Gasteiger partial charge in [-0.3, -0.25) is 4.79 Å². The molecule has 2 aromatic heterocycles. The predicted molar refractivity (Wildman–Crippen MR) is 75.9 cm³/mol. The van der Waals surface area contributed by atoms with Gasteiger partial charge in [-0.05, 0) is 12.1 Å². The van der Waals surface area contributed by atoms with Crippen molar-refractivity contribution in [2.75, 3.05) is 5.73 Å². The molecule has 0 amide bonds. The molecular weight excluding hydrogens is 246 g/mol. The van der Waals surface area contributed by atoms with Crippen LogP contribution in [0.1, 0.15) is 26.5 Å². The van der Waals surface area contributed by atoms with Gasteiger partial charge in [-0.1, -0.05) is 20.8 Å². The van der Waals surface area contributed by atoms with Crippen molar-refractivity contribution < 1.29 is 0 Å². The van der Waals surface area contributed by atoms with Gasteiger partial charge in [-0.15, -0.1) is 11.3 Å². The Morgan fingerprint density at radius 1 is 1.33 bits per heavy atom. The van der Waals surface area contributed by atoms with Crippen LogP contribution in [0.4, 0.5) is 5.13 Å². The maximum atomic E-state index is 12.3. The van der Waals surface area contributed by atoms with E-state index in [1.54, 1.807) is 11.6 Å². The van der Waals surface area contributed by atoms with Gasteiger partial charge in [0.1, 0.15) is 0 Å². The molecule has 2 N–H and O–H groups in total. The van der Waals surface area contributed by atoms with Gasteiger partial charge in [0.15, 0.2) is 5.13 Å². The summed E-state index contributed by atoms with van der Waals surface area (Å²) in [7, 11) is 1.79. The minimum Gasteiger partial charge on any atom is -0.375 e. The molecule has 0 saturated heterocycles. The summed E-state index contributed by atoms with van der Waals surface area (Å²) in [5, 5.41) is 2.29. The maximum Gasteiger partial charge on any atom is 0.259 e. The highest BCUT2D eigenvalue weighted by molar-refractivity contribution is 7.13. The van der Waals surface area contributed by atoms with Crippen LogP contribution in [-0.4, -0.2) is 9.55 Å². The van der Waals surface area contributed by atoms with E-state index < -0.39 is 0 Å². The van der Waals surface area contributed by atoms with E-state index >= 15 is 0 Å². The molecule has 5 heteroatoms. The number of nitrogens with zero attached hydrogens (tertiary/aromatic N) is 2. The van der Waals surface area contributed by atoms with Crippen molar-refractivity contribution in [2.45, 2.75) is 26.2 Å². The molecule has 0 saturated carbocycles. The topological polar surface area (TPSA) is 60.9 Å². The van der Waals surface area contributed by atoms with Crippen molar-refractivity contribution in [1.82, 2.24) is 9.55 Å². The third-order valence-electron chi connectivity index (χ3n) is 2.87. The first-order valence-corrected chi connectivity index (χ1v) is 6.60. The van der Waals surface area contributed by atoms with E-state index in [4.69, 9.17) is 5.73 Å². The minimum atomic E-state index is -0.0620. The molecule has 0 radical (unpaired) electrons. The lowest BCUT2D eigenvalue weighted by Crippen LogP contribution is -2.28. The Balaban J connectivity index is 2.61. The molecule has 0 unspecified atom stereocenters. The zero-order valence-electron chi connectivity index (χ0n) is 11.0. The van der Waals surface area contributed by atoms with Crippen LogP contribution in [0.25, 0.3) is 11.3 Å². The molecule has 18 heavy (non-hydrogen) atoms. The van der Waals surface area contributed by atoms with Crippen LogP contribution in [0.3, 0.4) is 0 Å². The van der Waals surface area contributed by atoms with Gasteiger partial charge in [0.05, 0.1) is 11.3 Å². The quantitative estimate of drug-likeness (QED) is 0.859. The van der Waals surface area contributed by atoms with Gasteiger partial charge in [-0.2, -0.15) is 0 Å². The lowest BCUT2D eigenvalue weighted by Gasteiger charge is -2.22. The zero-order chi connectivity index (χ0) is 13.5. The van der Waals surface area contributed by atoms with Crippen LogP contribution >= 0.6 is 11.3 Å². The van der Waals surface area contributed by atoms with Crippen LogP contribution in [-0.2, 0) is 12.5 Å². The fourth-order valence-electron chi connectivity index (χ4n) is 1.99. The summed E-state index contributed by atoms with van der Waals surface area (Å²) in [5.41, 5.74) is 7.75. The Labute approximate surface area is 110 Å². The summed E-state index contributed by atoms with van der Waals surface area (Å²) < 4.78 is 1.69. The van der Waals surface area contributed by atoms with Gasteiger partial charge in [0, 0.05) is 23.5 Å². The fourth-order valence-corrected chi connectivity index (χ4v) is 2.56. The number of rotatable bonds is 1. The molecular formula is C13H17N3OS. The van der Waals surface area contributed by atoms with E-state index in [1.807, 2.05) is 17.5 Å². The highest BCUT2D eigenvalue weighted by Crippen LogP contribution is 2.24. The van der Waals surface area contributed by atoms with Crippen molar-refractivity contribution in [2.24, 2.45) is 7.05 Å². The third kappa shape index (κ3) is 2.18. The second-order valence-electron chi connectivity index (χ2n) is 5.32. The van der Waals surface area contributed by atoms with Crippen molar-refractivity contribution in [1.29, 1.82) is 0 Å². The Hall–Kier alpha value is -1.62. The molecule has 0 aliphatic heterocycles. The second kappa shape index (κ2) is 4.24. The fraction of sp³-hybridized carbons (Fsp3) is 0.385. The molecule has 0 atom stereocenters. The number of hydrogen-bond acceptors (Lipinski definition) is 4. The van der Waals surface area contributed by atoms with E-state index in [0.717, 1.165) is 5.69 Å². The maximum absolute atomic E-state index is 12.3. The molecule has 0 aliphatic carbocycles. The predicted octanol–water partition coefficient (Wildman–Crippen LogP) is 2.39. The number of aromatic nitrogens is 2. The number of pyridine rings is 1. The van der Waals surface area contributed by atoms with Crippen LogP contribution < -0.4 is 11.3 Å². The summed E-state index contributed by atoms with van der Waals surface area (Å²) in [6.07, 6.45) is 0. The highest BCUT2D eigenvalue weighted by Gasteiger charge is 2.19. The summed E-state index contributed by atoms with van der Waals surface area (Å²) in [6.45, 7) is 6.26. The number of anilines is 1. The summed E-state index contributed by atoms with van der Waals surface area (Å²) >= 11 is 1.34. The van der Waals surface area contributed by atoms with Gasteiger partial charge in [0.25, 0.3) is 5.56 Å². The molecule has 0 aromatic carbocycles. The molecule has 96 valence electrons. The molecule has 0 spiro atoms. The molecule has 0 aliphatic rings. The lowest BCUT2D eigenvalue weighted by molar-refractivity contribution is 0.531. The van der Waals surface area contributed by atoms with Crippen molar-refractivity contribution >= 4 is 16.5 Å². The first-order valence-electron chi connectivity index (χ1n) is 5.72. The second-order valence-corrected chi connectivity index (χ2v) is 6.21. The molecule has 0 fully saturated rings. The highest BCUT2D eigenvalue weighted by atomic mass is 32.1. The SMILES string of the molecule is Cn1c(C(C)(C)C)ccc(-c2csc(N)n2)c1=O. The molecule has 0 bridgehead atoms. The zero-order valence-corrected chi connectivity index (χ0v) is 11.8. The summed E-state index contributed by atoms with van der Waals surface area (Å²) in [5.74, 6) is 0. The minimum absolute atomic E-state index is 0.0345. The van der Waals surface area contributed by atoms with E-state index in [9.17, 15) is 4.79 Å². The molecule has 2 aromatic rings.